The highest BCUT2D eigenvalue weighted by Gasteiger charge is 2.30. The molecule has 1 aliphatic carbocycles. The molecule has 0 aliphatic heterocycles. The second kappa shape index (κ2) is 4.74. The Morgan fingerprint density at radius 2 is 2.39 bits per heavy atom. The molecule has 0 radical (unpaired) electrons. The van der Waals surface area contributed by atoms with E-state index in [1.54, 1.807) is 0 Å². The number of rotatable bonds is 5. The van der Waals surface area contributed by atoms with E-state index < -0.39 is 0 Å². The first-order valence-electron chi connectivity index (χ1n) is 5.65. The molecule has 0 unspecified atom stereocenters. The number of aromatic nitrogens is 3. The summed E-state index contributed by atoms with van der Waals surface area (Å²) < 4.78 is 1.52. The van der Waals surface area contributed by atoms with Crippen molar-refractivity contribution in [3.8, 4) is 0 Å². The Hall–Kier alpha value is -1.34. The van der Waals surface area contributed by atoms with Crippen LogP contribution >= 0.6 is 23.1 Å². The lowest BCUT2D eigenvalue weighted by Crippen LogP contribution is -2.14. The minimum atomic E-state index is 0.103. The molecular weight excluding hydrogens is 268 g/mol. The molecule has 7 heteroatoms. The summed E-state index contributed by atoms with van der Waals surface area (Å²) in [7, 11) is 0. The van der Waals surface area contributed by atoms with Crippen LogP contribution in [0.2, 0.25) is 0 Å². The Balaban J connectivity index is 1.64. The van der Waals surface area contributed by atoms with Gasteiger partial charge in [-0.05, 0) is 24.3 Å². The van der Waals surface area contributed by atoms with Gasteiger partial charge >= 0.3 is 0 Å². The van der Waals surface area contributed by atoms with Gasteiger partial charge in [0.1, 0.15) is 0 Å². The fourth-order valence-electron chi connectivity index (χ4n) is 1.65. The minimum absolute atomic E-state index is 0.103. The fraction of sp³-hybridized carbons (Fsp3) is 0.364. The van der Waals surface area contributed by atoms with Crippen molar-refractivity contribution in [1.82, 2.24) is 14.9 Å². The zero-order valence-corrected chi connectivity index (χ0v) is 11.2. The van der Waals surface area contributed by atoms with E-state index in [9.17, 15) is 4.79 Å². The van der Waals surface area contributed by atoms with Gasteiger partial charge in [-0.15, -0.1) is 21.5 Å². The number of carbonyl (C=O) groups excluding carboxylic acids is 1. The molecule has 0 saturated heterocycles. The van der Waals surface area contributed by atoms with Gasteiger partial charge in [-0.2, -0.15) is 0 Å². The molecule has 1 aliphatic rings. The lowest BCUT2D eigenvalue weighted by Gasteiger charge is -2.01. The summed E-state index contributed by atoms with van der Waals surface area (Å²) in [6.07, 6.45) is 2.27. The highest BCUT2D eigenvalue weighted by Crippen LogP contribution is 2.39. The third-order valence-corrected chi connectivity index (χ3v) is 4.62. The Morgan fingerprint density at radius 3 is 3.06 bits per heavy atom. The smallest absolute Gasteiger partial charge is 0.210 e. The number of nitrogens with two attached hydrogens (primary N) is 1. The summed E-state index contributed by atoms with van der Waals surface area (Å²) >= 11 is 2.79. The van der Waals surface area contributed by atoms with Crippen LogP contribution in [0.15, 0.2) is 22.7 Å². The van der Waals surface area contributed by atoms with Gasteiger partial charge in [-0.25, -0.2) is 4.68 Å². The number of ketones is 1. The van der Waals surface area contributed by atoms with Gasteiger partial charge in [0.25, 0.3) is 0 Å². The number of hydrogen-bond acceptors (Lipinski definition) is 6. The molecule has 2 aromatic rings. The maximum atomic E-state index is 11.8. The number of nitrogen functional groups attached to an aromatic ring is 1. The minimum Gasteiger partial charge on any atom is -0.336 e. The van der Waals surface area contributed by atoms with Crippen molar-refractivity contribution in [2.75, 3.05) is 11.6 Å². The lowest BCUT2D eigenvalue weighted by molar-refractivity contribution is 0.102. The molecule has 0 aromatic carbocycles. The predicted molar refractivity (Wildman–Crippen MR) is 71.5 cm³/mol. The van der Waals surface area contributed by atoms with E-state index in [1.165, 1.54) is 27.8 Å². The molecule has 0 amide bonds. The van der Waals surface area contributed by atoms with Gasteiger partial charge in [-0.3, -0.25) is 4.79 Å². The first kappa shape index (κ1) is 11.7. The fourth-order valence-corrected chi connectivity index (χ4v) is 3.15. The summed E-state index contributed by atoms with van der Waals surface area (Å²) in [4.78, 5) is 12.6. The van der Waals surface area contributed by atoms with Crippen LogP contribution in [0.25, 0.3) is 0 Å². The van der Waals surface area contributed by atoms with Crippen molar-refractivity contribution in [2.45, 2.75) is 23.9 Å². The van der Waals surface area contributed by atoms with Gasteiger partial charge in [0.2, 0.25) is 5.16 Å². The molecule has 0 atom stereocenters. The van der Waals surface area contributed by atoms with E-state index in [1.807, 2.05) is 17.5 Å². The molecule has 2 N–H and O–H groups in total. The predicted octanol–water partition coefficient (Wildman–Crippen LogP) is 1.91. The van der Waals surface area contributed by atoms with Crippen molar-refractivity contribution >= 4 is 28.9 Å². The monoisotopic (exact) mass is 280 g/mol. The summed E-state index contributed by atoms with van der Waals surface area (Å²) in [5, 5.41) is 10.6. The maximum Gasteiger partial charge on any atom is 0.210 e. The van der Waals surface area contributed by atoms with E-state index in [-0.39, 0.29) is 5.78 Å². The molecule has 1 fully saturated rings. The van der Waals surface area contributed by atoms with Crippen LogP contribution in [0.3, 0.4) is 0 Å². The average molecular weight is 280 g/mol. The van der Waals surface area contributed by atoms with E-state index in [0.29, 0.717) is 16.8 Å². The van der Waals surface area contributed by atoms with Crippen LogP contribution in [-0.2, 0) is 0 Å². The normalized spacial score (nSPS) is 14.9. The average Bonchev–Trinajstić information content (AvgIpc) is 2.92. The third kappa shape index (κ3) is 2.28. The van der Waals surface area contributed by atoms with Gasteiger partial charge < -0.3 is 5.84 Å². The number of thioether (sulfide) groups is 1. The Kier molecular flexibility index (Phi) is 3.09. The molecular formula is C11H12N4OS2. The van der Waals surface area contributed by atoms with Crippen LogP contribution in [0.1, 0.15) is 34.3 Å². The van der Waals surface area contributed by atoms with Crippen molar-refractivity contribution in [3.05, 3.63) is 28.2 Å². The number of hydrogen-bond donors (Lipinski definition) is 1. The van der Waals surface area contributed by atoms with E-state index in [4.69, 9.17) is 5.84 Å². The van der Waals surface area contributed by atoms with E-state index >= 15 is 0 Å². The summed E-state index contributed by atoms with van der Waals surface area (Å²) in [6, 6.07) is 3.70. The van der Waals surface area contributed by atoms with Crippen LogP contribution in [0.4, 0.5) is 0 Å². The molecule has 5 nitrogen and oxygen atoms in total. The molecule has 18 heavy (non-hydrogen) atoms. The Bertz CT molecular complexity index is 560. The van der Waals surface area contributed by atoms with Crippen molar-refractivity contribution in [1.29, 1.82) is 0 Å². The zero-order chi connectivity index (χ0) is 12.5. The molecule has 0 bridgehead atoms. The number of Topliss-reactive ketones (excluding diaryl/α,β-unsaturated/α-hetero) is 1. The molecule has 2 heterocycles. The topological polar surface area (TPSA) is 73.8 Å². The zero-order valence-electron chi connectivity index (χ0n) is 9.57. The molecule has 1 saturated carbocycles. The van der Waals surface area contributed by atoms with Crippen LogP contribution in [-0.4, -0.2) is 26.4 Å². The summed E-state index contributed by atoms with van der Waals surface area (Å²) in [5.41, 5.74) is 0. The Morgan fingerprint density at radius 1 is 1.56 bits per heavy atom. The second-order valence-corrected chi connectivity index (χ2v) is 6.06. The highest BCUT2D eigenvalue weighted by molar-refractivity contribution is 7.99. The van der Waals surface area contributed by atoms with Gasteiger partial charge in [0, 0.05) is 5.92 Å². The first-order valence-corrected chi connectivity index (χ1v) is 7.52. The highest BCUT2D eigenvalue weighted by atomic mass is 32.2. The number of nitrogens with zero attached hydrogens (tertiary/aromatic N) is 3. The van der Waals surface area contributed by atoms with Crippen LogP contribution < -0.4 is 5.84 Å². The number of carbonyl (C=O) groups is 1. The third-order valence-electron chi connectivity index (χ3n) is 2.76. The van der Waals surface area contributed by atoms with Gasteiger partial charge in [0.15, 0.2) is 11.6 Å². The van der Waals surface area contributed by atoms with Gasteiger partial charge in [0.05, 0.1) is 10.6 Å². The summed E-state index contributed by atoms with van der Waals surface area (Å²) in [6.45, 7) is 0. The second-order valence-electron chi connectivity index (χ2n) is 4.17. The van der Waals surface area contributed by atoms with Crippen LogP contribution in [0, 0.1) is 0 Å². The molecule has 2 aromatic heterocycles. The summed E-state index contributed by atoms with van der Waals surface area (Å²) in [5.74, 6) is 7.66. The van der Waals surface area contributed by atoms with Crippen LogP contribution in [0.5, 0.6) is 0 Å². The van der Waals surface area contributed by atoms with E-state index in [0.717, 1.165) is 23.5 Å². The molecule has 3 rings (SSSR count). The molecule has 0 spiro atoms. The standard InChI is InChI=1S/C11H12N4OS2/c12-15-10(7-3-4-7)13-14-11(15)18-6-8(16)9-2-1-5-17-9/h1-2,5,7H,3-4,6,12H2. The maximum absolute atomic E-state index is 11.8. The lowest BCUT2D eigenvalue weighted by atomic mass is 10.4. The largest absolute Gasteiger partial charge is 0.336 e. The Labute approximate surface area is 112 Å². The van der Waals surface area contributed by atoms with Crippen molar-refractivity contribution < 1.29 is 4.79 Å². The van der Waals surface area contributed by atoms with Crippen molar-refractivity contribution in [2.24, 2.45) is 0 Å². The quantitative estimate of drug-likeness (QED) is 0.514. The first-order chi connectivity index (χ1) is 8.75. The van der Waals surface area contributed by atoms with E-state index in [2.05, 4.69) is 10.2 Å². The number of thiophene rings is 1. The molecule has 94 valence electrons. The van der Waals surface area contributed by atoms with Crippen molar-refractivity contribution in [3.63, 3.8) is 0 Å². The van der Waals surface area contributed by atoms with Gasteiger partial charge in [-0.1, -0.05) is 17.8 Å². The SMILES string of the molecule is Nn1c(SCC(=O)c2cccs2)nnc1C1CC1.